The van der Waals surface area contributed by atoms with Crippen LogP contribution in [0.25, 0.3) is 22.0 Å². The van der Waals surface area contributed by atoms with Crippen molar-refractivity contribution in [2.45, 2.75) is 50.7 Å². The van der Waals surface area contributed by atoms with Crippen molar-refractivity contribution in [1.29, 1.82) is 0 Å². The maximum atomic E-state index is 13.8. The molecule has 10 heteroatoms. The van der Waals surface area contributed by atoms with Gasteiger partial charge in [0.15, 0.2) is 5.78 Å². The van der Waals surface area contributed by atoms with Gasteiger partial charge in [-0.2, -0.15) is 0 Å². The molecule has 1 saturated carbocycles. The van der Waals surface area contributed by atoms with Crippen LogP contribution in [0.1, 0.15) is 86.5 Å². The molecule has 1 spiro atoms. The van der Waals surface area contributed by atoms with Crippen LogP contribution in [0.5, 0.6) is 11.5 Å². The second-order valence-electron chi connectivity index (χ2n) is 12.1. The number of nitrogens with two attached hydrogens (primary N) is 1. The molecule has 1 saturated heterocycles. The van der Waals surface area contributed by atoms with Gasteiger partial charge in [-0.05, 0) is 67.3 Å². The van der Waals surface area contributed by atoms with E-state index in [-0.39, 0.29) is 29.7 Å². The maximum Gasteiger partial charge on any atom is 0.335 e. The number of ketones is 1. The summed E-state index contributed by atoms with van der Waals surface area (Å²) in [6.07, 6.45) is 4.97. The van der Waals surface area contributed by atoms with Gasteiger partial charge in [0, 0.05) is 43.7 Å². The molecule has 2 fully saturated rings. The van der Waals surface area contributed by atoms with Crippen molar-refractivity contribution in [2.24, 2.45) is 5.73 Å². The zero-order valence-electron chi connectivity index (χ0n) is 24.9. The topological polar surface area (TPSA) is 141 Å². The molecule has 230 valence electrons. The summed E-state index contributed by atoms with van der Waals surface area (Å²) in [4.78, 5) is 52.7. The number of primary amides is 1. The fourth-order valence-electron chi connectivity index (χ4n) is 6.67. The molecular formula is C35H33N3O7. The third-order valence-electron chi connectivity index (χ3n) is 9.14. The van der Waals surface area contributed by atoms with E-state index in [1.807, 2.05) is 29.7 Å². The first-order chi connectivity index (χ1) is 21.7. The zero-order valence-corrected chi connectivity index (χ0v) is 24.9. The van der Waals surface area contributed by atoms with Crippen molar-refractivity contribution in [3.8, 4) is 22.6 Å². The molecule has 1 aliphatic carbocycles. The van der Waals surface area contributed by atoms with Gasteiger partial charge in [0.05, 0.1) is 40.6 Å². The Morgan fingerprint density at radius 3 is 2.47 bits per heavy atom. The third kappa shape index (κ3) is 5.09. The van der Waals surface area contributed by atoms with Crippen LogP contribution in [-0.2, 0) is 0 Å². The van der Waals surface area contributed by atoms with Crippen molar-refractivity contribution in [1.82, 2.24) is 9.47 Å². The minimum absolute atomic E-state index is 0.0369. The number of likely N-dealkylation sites (tertiary alicyclic amines) is 1. The predicted molar refractivity (Wildman–Crippen MR) is 166 cm³/mol. The fourth-order valence-corrected chi connectivity index (χ4v) is 6.67. The number of rotatable bonds is 7. The molecule has 45 heavy (non-hydrogen) atoms. The Balaban J connectivity index is 1.11. The largest absolute Gasteiger partial charge is 0.493 e. The number of carbonyl (C=O) groups excluding carboxylic acids is 3. The Kier molecular flexibility index (Phi) is 6.87. The average Bonchev–Trinajstić information content (AvgIpc) is 3.80. The van der Waals surface area contributed by atoms with E-state index in [9.17, 15) is 24.3 Å². The summed E-state index contributed by atoms with van der Waals surface area (Å²) in [6, 6.07) is 15.8. The molecule has 2 amide bonds. The summed E-state index contributed by atoms with van der Waals surface area (Å²) in [5, 5.41) is 9.99. The lowest BCUT2D eigenvalue weighted by molar-refractivity contribution is -0.00573. The van der Waals surface area contributed by atoms with Crippen LogP contribution in [0, 0.1) is 0 Å². The molecule has 1 aromatic heterocycles. The first-order valence-electron chi connectivity index (χ1n) is 15.3. The number of carboxylic acids is 1. The summed E-state index contributed by atoms with van der Waals surface area (Å²) in [5.41, 5.74) is 8.73. The number of amides is 2. The molecule has 0 unspecified atom stereocenters. The van der Waals surface area contributed by atoms with Crippen molar-refractivity contribution in [3.05, 3.63) is 83.0 Å². The number of aromatic nitrogens is 1. The van der Waals surface area contributed by atoms with Gasteiger partial charge in [0.1, 0.15) is 17.1 Å². The van der Waals surface area contributed by atoms with Crippen LogP contribution in [0.4, 0.5) is 0 Å². The smallest absolute Gasteiger partial charge is 0.335 e. The fraction of sp³-hybridized carbons (Fsp3) is 0.314. The minimum Gasteiger partial charge on any atom is -0.493 e. The Labute approximate surface area is 259 Å². The highest BCUT2D eigenvalue weighted by molar-refractivity contribution is 6.11. The summed E-state index contributed by atoms with van der Waals surface area (Å²) in [6.45, 7) is 3.06. The van der Waals surface area contributed by atoms with E-state index in [2.05, 4.69) is 0 Å². The SMILES string of the molecule is CCOc1cc(C(=O)N2CCC3(CC2)CC(=O)c2cc(-c4cccc(C(=O)O)c4)ccc2O3)cc2c1c(C(N)=O)cn2C1CC1. The number of ether oxygens (including phenoxy) is 2. The molecule has 0 bridgehead atoms. The molecule has 3 aliphatic rings. The van der Waals surface area contributed by atoms with Crippen molar-refractivity contribution >= 4 is 34.5 Å². The first kappa shape index (κ1) is 28.6. The highest BCUT2D eigenvalue weighted by Crippen LogP contribution is 2.43. The van der Waals surface area contributed by atoms with Gasteiger partial charge < -0.3 is 29.8 Å². The molecule has 3 heterocycles. The molecule has 0 atom stereocenters. The van der Waals surface area contributed by atoms with Gasteiger partial charge in [0.25, 0.3) is 11.8 Å². The van der Waals surface area contributed by atoms with Crippen LogP contribution in [-0.4, -0.2) is 63.4 Å². The molecule has 2 aliphatic heterocycles. The first-order valence-corrected chi connectivity index (χ1v) is 15.3. The van der Waals surface area contributed by atoms with Crippen LogP contribution in [0.15, 0.2) is 60.8 Å². The number of carboxylic acid groups (broad SMARTS) is 1. The van der Waals surface area contributed by atoms with E-state index in [0.717, 1.165) is 23.9 Å². The van der Waals surface area contributed by atoms with Gasteiger partial charge in [-0.3, -0.25) is 14.4 Å². The van der Waals surface area contributed by atoms with Gasteiger partial charge in [-0.1, -0.05) is 18.2 Å². The summed E-state index contributed by atoms with van der Waals surface area (Å²) >= 11 is 0. The van der Waals surface area contributed by atoms with E-state index in [4.69, 9.17) is 15.2 Å². The number of benzene rings is 3. The van der Waals surface area contributed by atoms with E-state index < -0.39 is 17.5 Å². The van der Waals surface area contributed by atoms with Crippen molar-refractivity contribution in [3.63, 3.8) is 0 Å². The summed E-state index contributed by atoms with van der Waals surface area (Å²) < 4.78 is 14.4. The van der Waals surface area contributed by atoms with Gasteiger partial charge in [-0.15, -0.1) is 0 Å². The lowest BCUT2D eigenvalue weighted by Crippen LogP contribution is -2.52. The number of hydrogen-bond acceptors (Lipinski definition) is 6. The van der Waals surface area contributed by atoms with Crippen LogP contribution >= 0.6 is 0 Å². The lowest BCUT2D eigenvalue weighted by Gasteiger charge is -2.44. The molecule has 7 rings (SSSR count). The normalized spacial score (nSPS) is 17.2. The van der Waals surface area contributed by atoms with Gasteiger partial charge in [0.2, 0.25) is 0 Å². The molecule has 3 N–H and O–H groups in total. The molecule has 0 radical (unpaired) electrons. The number of Topliss-reactive ketones (excluding diaryl/α,β-unsaturated/α-hetero) is 1. The van der Waals surface area contributed by atoms with E-state index in [1.54, 1.807) is 41.4 Å². The third-order valence-corrected chi connectivity index (χ3v) is 9.14. The molecule has 10 nitrogen and oxygen atoms in total. The summed E-state index contributed by atoms with van der Waals surface area (Å²) in [5.74, 6) is -0.763. The Bertz CT molecular complexity index is 1900. The van der Waals surface area contributed by atoms with Crippen LogP contribution in [0.2, 0.25) is 0 Å². The standard InChI is InChI=1S/C35H33N3O7/c1-2-44-30-17-23(16-27-31(30)26(32(36)40)19-38(27)24-7-8-24)33(41)37-12-10-35(11-13-37)18-28(39)25-15-21(6-9-29(25)45-35)20-4-3-5-22(14-20)34(42)43/h3-6,9,14-17,19,24H,2,7-8,10-13,18H2,1H3,(H2,36,40)(H,42,43). The zero-order chi connectivity index (χ0) is 31.5. The average molecular weight is 608 g/mol. The van der Waals surface area contributed by atoms with E-state index in [1.165, 1.54) is 6.07 Å². The van der Waals surface area contributed by atoms with Gasteiger partial charge >= 0.3 is 5.97 Å². The van der Waals surface area contributed by atoms with Crippen LogP contribution in [0.3, 0.4) is 0 Å². The number of fused-ring (bicyclic) bond motifs is 2. The predicted octanol–water partition coefficient (Wildman–Crippen LogP) is 5.48. The van der Waals surface area contributed by atoms with Crippen molar-refractivity contribution < 1.29 is 33.8 Å². The molecular weight excluding hydrogens is 574 g/mol. The monoisotopic (exact) mass is 607 g/mol. The van der Waals surface area contributed by atoms with E-state index >= 15 is 0 Å². The Morgan fingerprint density at radius 1 is 1.02 bits per heavy atom. The molecule has 4 aromatic rings. The summed E-state index contributed by atoms with van der Waals surface area (Å²) in [7, 11) is 0. The maximum absolute atomic E-state index is 13.8. The number of hydrogen-bond donors (Lipinski definition) is 2. The minimum atomic E-state index is -1.01. The van der Waals surface area contributed by atoms with E-state index in [0.29, 0.717) is 71.7 Å². The number of piperidine rings is 1. The van der Waals surface area contributed by atoms with Crippen molar-refractivity contribution in [2.75, 3.05) is 19.7 Å². The number of nitrogens with zero attached hydrogens (tertiary/aromatic N) is 2. The Morgan fingerprint density at radius 2 is 1.78 bits per heavy atom. The lowest BCUT2D eigenvalue weighted by atomic mass is 9.82. The van der Waals surface area contributed by atoms with Crippen LogP contribution < -0.4 is 15.2 Å². The number of carbonyl (C=O) groups is 4. The second kappa shape index (κ2) is 10.8. The highest BCUT2D eigenvalue weighted by atomic mass is 16.5. The highest BCUT2D eigenvalue weighted by Gasteiger charge is 2.44. The molecule has 3 aromatic carbocycles. The van der Waals surface area contributed by atoms with Gasteiger partial charge in [-0.25, -0.2) is 4.79 Å². The number of aromatic carboxylic acids is 1. The Hall–Kier alpha value is -5.12. The quantitative estimate of drug-likeness (QED) is 0.283. The second-order valence-corrected chi connectivity index (χ2v) is 12.1.